The van der Waals surface area contributed by atoms with Crippen LogP contribution in [0.15, 0.2) is 54.9 Å². The first kappa shape index (κ1) is 12.7. The monoisotopic (exact) mass is 266 g/mol. The molecule has 20 heavy (non-hydrogen) atoms. The van der Waals surface area contributed by atoms with Crippen LogP contribution in [0.1, 0.15) is 19.8 Å². The molecule has 3 nitrogen and oxygen atoms in total. The number of para-hydroxylation sites is 1. The van der Waals surface area contributed by atoms with Gasteiger partial charge in [0, 0.05) is 18.0 Å². The summed E-state index contributed by atoms with van der Waals surface area (Å²) in [5.74, 6) is 0.907. The second kappa shape index (κ2) is 5.78. The number of hydrogen-bond donors (Lipinski definition) is 0. The van der Waals surface area contributed by atoms with E-state index in [1.165, 1.54) is 0 Å². The van der Waals surface area contributed by atoms with E-state index in [2.05, 4.69) is 18.0 Å². The van der Waals surface area contributed by atoms with Gasteiger partial charge in [0.2, 0.25) is 0 Å². The Morgan fingerprint density at radius 2 is 1.95 bits per heavy atom. The van der Waals surface area contributed by atoms with E-state index in [4.69, 9.17) is 4.74 Å². The fourth-order valence-corrected chi connectivity index (χ4v) is 2.20. The Labute approximate surface area is 118 Å². The zero-order valence-corrected chi connectivity index (χ0v) is 11.6. The Morgan fingerprint density at radius 3 is 2.80 bits per heavy atom. The number of fused-ring (bicyclic) bond motifs is 1. The van der Waals surface area contributed by atoms with E-state index in [9.17, 15) is 0 Å². The average molecular weight is 266 g/mol. The molecule has 0 amide bonds. The van der Waals surface area contributed by atoms with Crippen LogP contribution in [-0.4, -0.2) is 16.0 Å². The van der Waals surface area contributed by atoms with Gasteiger partial charge in [0.15, 0.2) is 0 Å². The number of benzene rings is 1. The van der Waals surface area contributed by atoms with Crippen LogP contribution in [0.3, 0.4) is 0 Å². The van der Waals surface area contributed by atoms with Gasteiger partial charge in [-0.1, -0.05) is 31.5 Å². The Kier molecular flexibility index (Phi) is 3.68. The van der Waals surface area contributed by atoms with Crippen LogP contribution in [0.2, 0.25) is 0 Å². The van der Waals surface area contributed by atoms with E-state index in [0.29, 0.717) is 0 Å². The van der Waals surface area contributed by atoms with Crippen molar-refractivity contribution in [3.05, 3.63) is 54.9 Å². The highest BCUT2D eigenvalue weighted by molar-refractivity contribution is 5.69. The highest BCUT2D eigenvalue weighted by Crippen LogP contribution is 2.29. The minimum atomic E-state index is 0.751. The Balaban J connectivity index is 1.96. The van der Waals surface area contributed by atoms with E-state index < -0.39 is 0 Å². The van der Waals surface area contributed by atoms with Gasteiger partial charge in [-0.3, -0.25) is 0 Å². The van der Waals surface area contributed by atoms with E-state index in [-0.39, 0.29) is 0 Å². The second-order valence-corrected chi connectivity index (χ2v) is 4.79. The molecule has 0 N–H and O–H groups in total. The van der Waals surface area contributed by atoms with Gasteiger partial charge in [0.05, 0.1) is 12.3 Å². The molecule has 0 aliphatic rings. The molecule has 0 saturated heterocycles. The quantitative estimate of drug-likeness (QED) is 0.648. The number of aromatic nitrogens is 2. The summed E-state index contributed by atoms with van der Waals surface area (Å²) >= 11 is 0. The summed E-state index contributed by atoms with van der Waals surface area (Å²) in [6.07, 6.45) is 6.25. The minimum Gasteiger partial charge on any atom is -0.493 e. The summed E-state index contributed by atoms with van der Waals surface area (Å²) in [6, 6.07) is 14.1. The molecule has 0 aliphatic carbocycles. The molecule has 0 fully saturated rings. The maximum atomic E-state index is 5.88. The number of imidazole rings is 1. The van der Waals surface area contributed by atoms with Gasteiger partial charge in [-0.2, -0.15) is 0 Å². The highest BCUT2D eigenvalue weighted by atomic mass is 16.5. The van der Waals surface area contributed by atoms with Gasteiger partial charge < -0.3 is 9.14 Å². The van der Waals surface area contributed by atoms with Crippen LogP contribution in [0, 0.1) is 0 Å². The van der Waals surface area contributed by atoms with Crippen molar-refractivity contribution in [3.8, 4) is 17.0 Å². The smallest absolute Gasteiger partial charge is 0.137 e. The van der Waals surface area contributed by atoms with Gasteiger partial charge in [-0.15, -0.1) is 0 Å². The molecule has 0 aliphatic heterocycles. The Morgan fingerprint density at radius 1 is 1.10 bits per heavy atom. The third-order valence-electron chi connectivity index (χ3n) is 3.28. The van der Waals surface area contributed by atoms with E-state index in [1.807, 2.05) is 53.2 Å². The zero-order valence-electron chi connectivity index (χ0n) is 11.6. The predicted molar refractivity (Wildman–Crippen MR) is 81.0 cm³/mol. The van der Waals surface area contributed by atoms with Crippen molar-refractivity contribution in [3.63, 3.8) is 0 Å². The molecule has 3 aromatic rings. The van der Waals surface area contributed by atoms with Gasteiger partial charge in [0.25, 0.3) is 0 Å². The number of nitrogens with zero attached hydrogens (tertiary/aromatic N) is 2. The highest BCUT2D eigenvalue weighted by Gasteiger charge is 2.09. The molecule has 3 heteroatoms. The second-order valence-electron chi connectivity index (χ2n) is 4.79. The fourth-order valence-electron chi connectivity index (χ4n) is 2.20. The van der Waals surface area contributed by atoms with Crippen LogP contribution < -0.4 is 4.74 Å². The number of pyridine rings is 1. The molecule has 3 rings (SSSR count). The van der Waals surface area contributed by atoms with Gasteiger partial charge >= 0.3 is 0 Å². The summed E-state index contributed by atoms with van der Waals surface area (Å²) in [7, 11) is 0. The molecule has 2 heterocycles. The van der Waals surface area contributed by atoms with Crippen molar-refractivity contribution in [2.45, 2.75) is 19.8 Å². The van der Waals surface area contributed by atoms with Crippen LogP contribution in [-0.2, 0) is 0 Å². The van der Waals surface area contributed by atoms with Crippen molar-refractivity contribution in [1.82, 2.24) is 9.38 Å². The van der Waals surface area contributed by atoms with Crippen LogP contribution >= 0.6 is 0 Å². The first-order valence-electron chi connectivity index (χ1n) is 7.04. The largest absolute Gasteiger partial charge is 0.493 e. The normalized spacial score (nSPS) is 10.8. The molecule has 0 radical (unpaired) electrons. The van der Waals surface area contributed by atoms with Crippen LogP contribution in [0.5, 0.6) is 5.75 Å². The van der Waals surface area contributed by atoms with E-state index in [0.717, 1.165) is 42.1 Å². The molecule has 0 bridgehead atoms. The molecule has 2 aromatic heterocycles. The molecule has 0 saturated carbocycles. The molecule has 102 valence electrons. The first-order chi connectivity index (χ1) is 9.88. The number of ether oxygens (including phenoxy) is 1. The Bertz CT molecular complexity index is 670. The summed E-state index contributed by atoms with van der Waals surface area (Å²) in [6.45, 7) is 2.91. The van der Waals surface area contributed by atoms with Gasteiger partial charge in [-0.05, 0) is 30.7 Å². The van der Waals surface area contributed by atoms with Crippen LogP contribution in [0.25, 0.3) is 16.9 Å². The number of unbranched alkanes of at least 4 members (excludes halogenated alkanes) is 1. The fraction of sp³-hybridized carbons (Fsp3) is 0.235. The maximum absolute atomic E-state index is 5.88. The van der Waals surface area contributed by atoms with Crippen molar-refractivity contribution in [2.75, 3.05) is 6.61 Å². The van der Waals surface area contributed by atoms with E-state index in [1.54, 1.807) is 0 Å². The minimum absolute atomic E-state index is 0.751. The van der Waals surface area contributed by atoms with Gasteiger partial charge in [-0.25, -0.2) is 4.98 Å². The van der Waals surface area contributed by atoms with Crippen LogP contribution in [0.4, 0.5) is 0 Å². The topological polar surface area (TPSA) is 26.5 Å². The molecule has 0 atom stereocenters. The standard InChI is InChI=1S/C17H18N2O/c1-2-3-12-20-16-9-5-4-8-14(16)15-13-19-11-7-6-10-17(19)18-15/h4-11,13H,2-3,12H2,1H3. The summed E-state index contributed by atoms with van der Waals surface area (Å²) in [4.78, 5) is 4.65. The summed E-state index contributed by atoms with van der Waals surface area (Å²) < 4.78 is 7.90. The summed E-state index contributed by atoms with van der Waals surface area (Å²) in [5, 5.41) is 0. The maximum Gasteiger partial charge on any atom is 0.137 e. The van der Waals surface area contributed by atoms with E-state index >= 15 is 0 Å². The lowest BCUT2D eigenvalue weighted by Gasteiger charge is -2.09. The Hall–Kier alpha value is -2.29. The SMILES string of the molecule is CCCCOc1ccccc1-c1cn2ccccc2n1. The third-order valence-corrected chi connectivity index (χ3v) is 3.28. The van der Waals surface area contributed by atoms with Crippen molar-refractivity contribution in [2.24, 2.45) is 0 Å². The predicted octanol–water partition coefficient (Wildman–Crippen LogP) is 4.18. The van der Waals surface area contributed by atoms with Crippen molar-refractivity contribution in [1.29, 1.82) is 0 Å². The molecule has 0 spiro atoms. The lowest BCUT2D eigenvalue weighted by molar-refractivity contribution is 0.310. The molecular weight excluding hydrogens is 248 g/mol. The van der Waals surface area contributed by atoms with Crippen molar-refractivity contribution >= 4 is 5.65 Å². The molecule has 0 unspecified atom stereocenters. The zero-order chi connectivity index (χ0) is 13.8. The average Bonchev–Trinajstić information content (AvgIpc) is 2.92. The molecule has 1 aromatic carbocycles. The number of hydrogen-bond acceptors (Lipinski definition) is 2. The van der Waals surface area contributed by atoms with Gasteiger partial charge in [0.1, 0.15) is 11.4 Å². The lowest BCUT2D eigenvalue weighted by Crippen LogP contribution is -1.98. The number of rotatable bonds is 5. The summed E-state index contributed by atoms with van der Waals surface area (Å²) in [5.41, 5.74) is 2.95. The van der Waals surface area contributed by atoms with Crippen molar-refractivity contribution < 1.29 is 4.74 Å². The lowest BCUT2D eigenvalue weighted by atomic mass is 10.1. The first-order valence-corrected chi connectivity index (χ1v) is 7.04. The third kappa shape index (κ3) is 2.52. The molecular formula is C17H18N2O.